The highest BCUT2D eigenvalue weighted by Gasteiger charge is 2.03. The van der Waals surface area contributed by atoms with E-state index in [1.165, 1.54) is 6.42 Å². The summed E-state index contributed by atoms with van der Waals surface area (Å²) in [6.07, 6.45) is 3.05. The van der Waals surface area contributed by atoms with E-state index in [0.717, 1.165) is 30.4 Å². The fourth-order valence-electron chi connectivity index (χ4n) is 1.20. The van der Waals surface area contributed by atoms with Crippen LogP contribution in [0.25, 0.3) is 0 Å². The van der Waals surface area contributed by atoms with Crippen LogP contribution in [0.4, 0.5) is 0 Å². The zero-order valence-electron chi connectivity index (χ0n) is 10.4. The third kappa shape index (κ3) is 4.94. The van der Waals surface area contributed by atoms with Gasteiger partial charge in [-0.2, -0.15) is 11.8 Å². The number of thioether (sulfide) groups is 1. The summed E-state index contributed by atoms with van der Waals surface area (Å²) in [6, 6.07) is 1.97. The average molecular weight is 239 g/mol. The molecule has 0 radical (unpaired) electrons. The van der Waals surface area contributed by atoms with Crippen molar-refractivity contribution in [2.45, 2.75) is 44.7 Å². The minimum Gasteiger partial charge on any atom is -0.311 e. The zero-order chi connectivity index (χ0) is 11.8. The molecule has 1 N–H and O–H groups in total. The third-order valence-electron chi connectivity index (χ3n) is 2.39. The van der Waals surface area contributed by atoms with Crippen LogP contribution in [0.3, 0.4) is 0 Å². The summed E-state index contributed by atoms with van der Waals surface area (Å²) in [6.45, 7) is 8.36. The molecule has 1 rings (SSSR count). The molecule has 0 bridgehead atoms. The maximum atomic E-state index is 4.52. The molecule has 0 aliphatic carbocycles. The first-order chi connectivity index (χ1) is 7.76. The highest BCUT2D eigenvalue weighted by Crippen LogP contribution is 2.17. The van der Waals surface area contributed by atoms with Crippen LogP contribution in [-0.2, 0) is 12.3 Å². The Kier molecular flexibility index (Phi) is 6.42. The summed E-state index contributed by atoms with van der Waals surface area (Å²) in [5.74, 6) is 1.86. The molecule has 3 nitrogen and oxygen atoms in total. The number of rotatable bonds is 7. The molecule has 16 heavy (non-hydrogen) atoms. The first-order valence-electron chi connectivity index (χ1n) is 5.89. The highest BCUT2D eigenvalue weighted by molar-refractivity contribution is 7.99. The summed E-state index contributed by atoms with van der Waals surface area (Å²) in [5, 5.41) is 3.95. The maximum Gasteiger partial charge on any atom is 0.138 e. The molecule has 1 heterocycles. The van der Waals surface area contributed by atoms with Gasteiger partial charge in [0, 0.05) is 18.0 Å². The second-order valence-electron chi connectivity index (χ2n) is 3.77. The predicted octanol–water partition coefficient (Wildman–Crippen LogP) is 2.62. The molecular formula is C12H21N3S. The Morgan fingerprint density at radius 1 is 1.44 bits per heavy atom. The van der Waals surface area contributed by atoms with Crippen LogP contribution in [0.1, 0.15) is 38.7 Å². The number of hydrogen-bond donors (Lipinski definition) is 1. The molecule has 4 heteroatoms. The van der Waals surface area contributed by atoms with Crippen LogP contribution in [-0.4, -0.2) is 21.8 Å². The van der Waals surface area contributed by atoms with Crippen molar-refractivity contribution in [3.05, 3.63) is 23.8 Å². The van der Waals surface area contributed by atoms with Crippen LogP contribution in [0.2, 0.25) is 0 Å². The molecule has 90 valence electrons. The predicted molar refractivity (Wildman–Crippen MR) is 70.5 cm³/mol. The Hall–Kier alpha value is -0.610. The van der Waals surface area contributed by atoms with E-state index in [4.69, 9.17) is 0 Å². The lowest BCUT2D eigenvalue weighted by Crippen LogP contribution is -2.13. The van der Waals surface area contributed by atoms with Crippen molar-refractivity contribution in [1.29, 1.82) is 0 Å². The second kappa shape index (κ2) is 7.63. The van der Waals surface area contributed by atoms with Gasteiger partial charge in [-0.25, -0.2) is 9.97 Å². The molecular weight excluding hydrogens is 218 g/mol. The number of nitrogens with one attached hydrogen (secondary N) is 1. The first kappa shape index (κ1) is 13.5. The molecule has 0 aliphatic heterocycles. The van der Waals surface area contributed by atoms with Gasteiger partial charge in [-0.1, -0.05) is 20.8 Å². The van der Waals surface area contributed by atoms with E-state index in [0.29, 0.717) is 5.25 Å². The van der Waals surface area contributed by atoms with Gasteiger partial charge in [-0.05, 0) is 19.0 Å². The normalized spacial score (nSPS) is 12.7. The van der Waals surface area contributed by atoms with Crippen LogP contribution in [0, 0.1) is 0 Å². The van der Waals surface area contributed by atoms with E-state index in [1.54, 1.807) is 0 Å². The standard InChI is InChI=1S/C12H21N3S/c1-4-10(3)16-9-12-14-7-6-11(15-12)8-13-5-2/h6-7,10,13H,4-5,8-9H2,1-3H3. The van der Waals surface area contributed by atoms with Crippen molar-refractivity contribution in [2.75, 3.05) is 6.54 Å². The van der Waals surface area contributed by atoms with Crippen LogP contribution < -0.4 is 5.32 Å². The Labute approximate surface area is 102 Å². The van der Waals surface area contributed by atoms with Crippen molar-refractivity contribution in [3.8, 4) is 0 Å². The molecule has 1 aromatic rings. The highest BCUT2D eigenvalue weighted by atomic mass is 32.2. The largest absolute Gasteiger partial charge is 0.311 e. The fraction of sp³-hybridized carbons (Fsp3) is 0.667. The summed E-state index contributed by atoms with van der Waals surface area (Å²) < 4.78 is 0. The lowest BCUT2D eigenvalue weighted by atomic mass is 10.4. The molecule has 0 amide bonds. The van der Waals surface area contributed by atoms with Gasteiger partial charge in [-0.15, -0.1) is 0 Å². The summed E-state index contributed by atoms with van der Waals surface area (Å²) >= 11 is 1.92. The van der Waals surface area contributed by atoms with Gasteiger partial charge in [0.05, 0.1) is 11.4 Å². The Balaban J connectivity index is 2.46. The van der Waals surface area contributed by atoms with Gasteiger partial charge in [-0.3, -0.25) is 0 Å². The third-order valence-corrected chi connectivity index (χ3v) is 3.72. The van der Waals surface area contributed by atoms with Crippen molar-refractivity contribution < 1.29 is 0 Å². The fourth-order valence-corrected chi connectivity index (χ4v) is 2.01. The van der Waals surface area contributed by atoms with Crippen molar-refractivity contribution in [3.63, 3.8) is 0 Å². The van der Waals surface area contributed by atoms with E-state index in [9.17, 15) is 0 Å². The van der Waals surface area contributed by atoms with E-state index in [1.807, 2.05) is 24.0 Å². The Bertz CT molecular complexity index is 304. The number of nitrogens with zero attached hydrogens (tertiary/aromatic N) is 2. The van der Waals surface area contributed by atoms with Crippen molar-refractivity contribution in [1.82, 2.24) is 15.3 Å². The van der Waals surface area contributed by atoms with Gasteiger partial charge in [0.2, 0.25) is 0 Å². The number of hydrogen-bond acceptors (Lipinski definition) is 4. The summed E-state index contributed by atoms with van der Waals surface area (Å²) in [7, 11) is 0. The average Bonchev–Trinajstić information content (AvgIpc) is 2.34. The lowest BCUT2D eigenvalue weighted by molar-refractivity contribution is 0.704. The zero-order valence-corrected chi connectivity index (χ0v) is 11.2. The van der Waals surface area contributed by atoms with Gasteiger partial charge < -0.3 is 5.32 Å². The van der Waals surface area contributed by atoms with Crippen LogP contribution in [0.5, 0.6) is 0 Å². The van der Waals surface area contributed by atoms with Gasteiger partial charge in [0.1, 0.15) is 5.82 Å². The van der Waals surface area contributed by atoms with E-state index < -0.39 is 0 Å². The first-order valence-corrected chi connectivity index (χ1v) is 6.94. The van der Waals surface area contributed by atoms with E-state index in [-0.39, 0.29) is 0 Å². The molecule has 1 atom stereocenters. The smallest absolute Gasteiger partial charge is 0.138 e. The van der Waals surface area contributed by atoms with E-state index in [2.05, 4.69) is 36.1 Å². The minimum absolute atomic E-state index is 0.682. The molecule has 1 aromatic heterocycles. The van der Waals surface area contributed by atoms with E-state index >= 15 is 0 Å². The number of aromatic nitrogens is 2. The minimum atomic E-state index is 0.682. The van der Waals surface area contributed by atoms with Gasteiger partial charge >= 0.3 is 0 Å². The second-order valence-corrected chi connectivity index (χ2v) is 5.20. The van der Waals surface area contributed by atoms with Gasteiger partial charge in [0.15, 0.2) is 0 Å². The van der Waals surface area contributed by atoms with Crippen molar-refractivity contribution in [2.24, 2.45) is 0 Å². The maximum absolute atomic E-state index is 4.52. The molecule has 0 spiro atoms. The summed E-state index contributed by atoms with van der Waals surface area (Å²) in [4.78, 5) is 8.82. The van der Waals surface area contributed by atoms with Crippen molar-refractivity contribution >= 4 is 11.8 Å². The molecule has 0 fully saturated rings. The monoisotopic (exact) mass is 239 g/mol. The lowest BCUT2D eigenvalue weighted by Gasteiger charge is -2.08. The Morgan fingerprint density at radius 2 is 2.25 bits per heavy atom. The van der Waals surface area contributed by atoms with Gasteiger partial charge in [0.25, 0.3) is 0 Å². The molecule has 0 saturated heterocycles. The molecule has 1 unspecified atom stereocenters. The topological polar surface area (TPSA) is 37.8 Å². The SMILES string of the molecule is CCNCc1ccnc(CSC(C)CC)n1. The molecule has 0 saturated carbocycles. The van der Waals surface area contributed by atoms with Crippen LogP contribution in [0.15, 0.2) is 12.3 Å². The molecule has 0 aromatic carbocycles. The summed E-state index contributed by atoms with van der Waals surface area (Å²) in [5.41, 5.74) is 1.08. The Morgan fingerprint density at radius 3 is 2.94 bits per heavy atom. The quantitative estimate of drug-likeness (QED) is 0.794. The van der Waals surface area contributed by atoms with Crippen LogP contribution >= 0.6 is 11.8 Å². The molecule has 0 aliphatic rings.